The van der Waals surface area contributed by atoms with E-state index >= 15 is 0 Å². The van der Waals surface area contributed by atoms with Gasteiger partial charge in [0.25, 0.3) is 0 Å². The Morgan fingerprint density at radius 2 is 2.12 bits per heavy atom. The van der Waals surface area contributed by atoms with Gasteiger partial charge in [-0.3, -0.25) is 0 Å². The van der Waals surface area contributed by atoms with Crippen molar-refractivity contribution in [3.8, 4) is 0 Å². The molecule has 0 radical (unpaired) electrons. The molecule has 2 aromatic rings. The maximum Gasteiger partial charge on any atom is 0.242 e. The van der Waals surface area contributed by atoms with Crippen molar-refractivity contribution < 1.29 is 24.1 Å². The number of aliphatic hydroxyl groups is 1. The molecule has 1 unspecified atom stereocenters. The first-order valence-electron chi connectivity index (χ1n) is 7.70. The van der Waals surface area contributed by atoms with Crippen molar-refractivity contribution in [1.29, 1.82) is 0 Å². The second-order valence-electron chi connectivity index (χ2n) is 6.39. The quantitative estimate of drug-likeness (QED) is 0.806. The summed E-state index contributed by atoms with van der Waals surface area (Å²) in [6, 6.07) is 3.59. The molecule has 2 aliphatic heterocycles. The van der Waals surface area contributed by atoms with Gasteiger partial charge >= 0.3 is 0 Å². The molecule has 0 aliphatic carbocycles. The number of anilines is 1. The van der Waals surface area contributed by atoms with E-state index in [1.807, 2.05) is 13.8 Å². The van der Waals surface area contributed by atoms with Gasteiger partial charge in [0.15, 0.2) is 11.6 Å². The van der Waals surface area contributed by atoms with E-state index in [-0.39, 0.29) is 6.61 Å². The van der Waals surface area contributed by atoms with Crippen molar-refractivity contribution in [3.05, 3.63) is 24.2 Å². The van der Waals surface area contributed by atoms with Crippen LogP contribution in [-0.2, 0) is 24.7 Å². The zero-order valence-electron chi connectivity index (χ0n) is 13.7. The van der Waals surface area contributed by atoms with Gasteiger partial charge in [0.05, 0.1) is 6.61 Å². The lowest BCUT2D eigenvalue weighted by molar-refractivity contribution is -0.296. The van der Waals surface area contributed by atoms with Crippen LogP contribution in [0.1, 0.15) is 19.5 Å². The lowest BCUT2D eigenvalue weighted by Crippen LogP contribution is -2.43. The summed E-state index contributed by atoms with van der Waals surface area (Å²) in [5.74, 6) is -1.74. The van der Waals surface area contributed by atoms with Crippen LogP contribution in [0.2, 0.25) is 0 Å². The molecule has 9 heteroatoms. The van der Waals surface area contributed by atoms with Gasteiger partial charge in [-0.15, -0.1) is 0 Å². The topological polar surface area (TPSA) is 113 Å². The Balaban J connectivity index is 1.88. The Bertz CT molecular complexity index is 778. The van der Waals surface area contributed by atoms with Gasteiger partial charge in [0, 0.05) is 7.11 Å². The van der Waals surface area contributed by atoms with Crippen LogP contribution in [0, 0.1) is 0 Å². The molecule has 2 saturated heterocycles. The average Bonchev–Trinajstić information content (AvgIpc) is 3.18. The number of nitrogen functional groups attached to an aromatic ring is 1. The second-order valence-corrected chi connectivity index (χ2v) is 6.39. The molecular weight excluding hydrogens is 316 g/mol. The van der Waals surface area contributed by atoms with E-state index in [0.29, 0.717) is 17.0 Å². The minimum absolute atomic E-state index is 0.216. The fourth-order valence-corrected chi connectivity index (χ4v) is 3.55. The second kappa shape index (κ2) is 5.11. The smallest absolute Gasteiger partial charge is 0.242 e. The number of fused-ring (bicyclic) bond motifs is 2. The van der Waals surface area contributed by atoms with Crippen LogP contribution < -0.4 is 5.73 Å². The van der Waals surface area contributed by atoms with Crippen molar-refractivity contribution in [2.75, 3.05) is 19.5 Å². The van der Waals surface area contributed by atoms with Crippen molar-refractivity contribution >= 4 is 11.3 Å². The van der Waals surface area contributed by atoms with Crippen LogP contribution in [0.5, 0.6) is 0 Å². The first-order valence-corrected chi connectivity index (χ1v) is 7.70. The predicted octanol–water partition coefficient (Wildman–Crippen LogP) is 0.0219. The SMILES string of the molecule is CO[C@@]1(c2ccc3c(N)ncnn23)O[C@H](CO)C2OC(C)(C)O[C@@H]21. The monoisotopic (exact) mass is 336 g/mol. The zero-order chi connectivity index (χ0) is 17.1. The molecule has 0 bridgehead atoms. The average molecular weight is 336 g/mol. The third-order valence-corrected chi connectivity index (χ3v) is 4.52. The third kappa shape index (κ3) is 1.99. The molecule has 0 saturated carbocycles. The summed E-state index contributed by atoms with van der Waals surface area (Å²) in [5, 5.41) is 13.9. The number of rotatable bonds is 3. The first-order chi connectivity index (χ1) is 11.4. The number of aromatic nitrogens is 3. The van der Waals surface area contributed by atoms with E-state index in [1.165, 1.54) is 13.4 Å². The third-order valence-electron chi connectivity index (χ3n) is 4.52. The van der Waals surface area contributed by atoms with Crippen LogP contribution in [0.4, 0.5) is 5.82 Å². The molecule has 0 spiro atoms. The molecule has 0 amide bonds. The van der Waals surface area contributed by atoms with Gasteiger partial charge in [-0.05, 0) is 26.0 Å². The molecule has 4 rings (SSSR count). The van der Waals surface area contributed by atoms with Gasteiger partial charge in [-0.2, -0.15) is 5.10 Å². The summed E-state index contributed by atoms with van der Waals surface area (Å²) >= 11 is 0. The number of hydrogen-bond acceptors (Lipinski definition) is 8. The van der Waals surface area contributed by atoms with E-state index in [2.05, 4.69) is 10.1 Å². The van der Waals surface area contributed by atoms with Crippen molar-refractivity contribution in [3.63, 3.8) is 0 Å². The lowest BCUT2D eigenvalue weighted by Gasteiger charge is -2.32. The van der Waals surface area contributed by atoms with Crippen LogP contribution in [0.25, 0.3) is 5.52 Å². The number of nitrogens with two attached hydrogens (primary N) is 1. The highest BCUT2D eigenvalue weighted by Gasteiger charge is 2.65. The van der Waals surface area contributed by atoms with E-state index in [9.17, 15) is 5.11 Å². The Labute approximate surface area is 138 Å². The Morgan fingerprint density at radius 3 is 2.83 bits per heavy atom. The van der Waals surface area contributed by atoms with E-state index in [1.54, 1.807) is 16.6 Å². The highest BCUT2D eigenvalue weighted by Crippen LogP contribution is 2.49. The minimum atomic E-state index is -1.28. The fourth-order valence-electron chi connectivity index (χ4n) is 3.55. The molecular formula is C15H20N4O5. The number of aliphatic hydroxyl groups excluding tert-OH is 1. The van der Waals surface area contributed by atoms with Crippen LogP contribution >= 0.6 is 0 Å². The standard InChI is InChI=1S/C15H20N4O5/c1-14(2)23-11-9(6-20)22-15(21-3,12(11)24-14)10-5-4-8-13(16)17-7-18-19(8)10/h4-5,7,9,11-12,20H,6H2,1-3H3,(H2,16,17,18)/t9-,11?,12+,15+/m1/s1. The van der Waals surface area contributed by atoms with Gasteiger partial charge in [-0.25, -0.2) is 9.50 Å². The van der Waals surface area contributed by atoms with Crippen LogP contribution in [-0.4, -0.2) is 57.5 Å². The molecule has 24 heavy (non-hydrogen) atoms. The molecule has 2 fully saturated rings. The van der Waals surface area contributed by atoms with E-state index in [0.717, 1.165) is 0 Å². The summed E-state index contributed by atoms with van der Waals surface area (Å²) < 4.78 is 25.4. The van der Waals surface area contributed by atoms with Gasteiger partial charge < -0.3 is 29.8 Å². The number of hydrogen-bond donors (Lipinski definition) is 2. The molecule has 2 aromatic heterocycles. The maximum absolute atomic E-state index is 9.70. The molecule has 9 nitrogen and oxygen atoms in total. The highest BCUT2D eigenvalue weighted by atomic mass is 16.8. The summed E-state index contributed by atoms with van der Waals surface area (Å²) in [7, 11) is 1.52. The molecule has 0 aromatic carbocycles. The molecule has 4 heterocycles. The minimum Gasteiger partial charge on any atom is -0.394 e. The Morgan fingerprint density at radius 1 is 1.33 bits per heavy atom. The van der Waals surface area contributed by atoms with Crippen molar-refractivity contribution in [2.45, 2.75) is 43.7 Å². The number of ether oxygens (including phenoxy) is 4. The van der Waals surface area contributed by atoms with E-state index < -0.39 is 29.9 Å². The molecule has 3 N–H and O–H groups in total. The molecule has 2 aliphatic rings. The van der Waals surface area contributed by atoms with Crippen molar-refractivity contribution in [2.24, 2.45) is 0 Å². The summed E-state index contributed by atoms with van der Waals surface area (Å²) in [4.78, 5) is 3.98. The maximum atomic E-state index is 9.70. The summed E-state index contributed by atoms with van der Waals surface area (Å²) in [6.07, 6.45) is -0.249. The summed E-state index contributed by atoms with van der Waals surface area (Å²) in [5.41, 5.74) is 7.14. The molecule has 4 atom stereocenters. The molecule has 130 valence electrons. The Kier molecular flexibility index (Phi) is 3.35. The number of nitrogens with zero attached hydrogens (tertiary/aromatic N) is 3. The van der Waals surface area contributed by atoms with Crippen LogP contribution in [0.3, 0.4) is 0 Å². The lowest BCUT2D eigenvalue weighted by atomic mass is 10.0. The summed E-state index contributed by atoms with van der Waals surface area (Å²) in [6.45, 7) is 3.42. The number of methoxy groups -OCH3 is 1. The van der Waals surface area contributed by atoms with E-state index in [4.69, 9.17) is 24.7 Å². The highest BCUT2D eigenvalue weighted by molar-refractivity contribution is 5.65. The zero-order valence-corrected chi connectivity index (χ0v) is 13.7. The largest absolute Gasteiger partial charge is 0.394 e. The van der Waals surface area contributed by atoms with Gasteiger partial charge in [0.1, 0.15) is 35.8 Å². The normalized spacial score (nSPS) is 34.8. The van der Waals surface area contributed by atoms with Gasteiger partial charge in [0.2, 0.25) is 5.79 Å². The Hall–Kier alpha value is -1.78. The van der Waals surface area contributed by atoms with Crippen LogP contribution in [0.15, 0.2) is 18.5 Å². The fraction of sp³-hybridized carbons (Fsp3) is 0.600. The first kappa shape index (κ1) is 15.7. The van der Waals surface area contributed by atoms with Gasteiger partial charge in [-0.1, -0.05) is 0 Å². The van der Waals surface area contributed by atoms with Crippen molar-refractivity contribution in [1.82, 2.24) is 14.6 Å². The predicted molar refractivity (Wildman–Crippen MR) is 81.9 cm³/mol.